The molecule has 116 valence electrons. The third kappa shape index (κ3) is 4.41. The van der Waals surface area contributed by atoms with Gasteiger partial charge in [-0.2, -0.15) is 0 Å². The molecule has 0 N–H and O–H groups in total. The number of benzene rings is 1. The van der Waals surface area contributed by atoms with Crippen molar-refractivity contribution in [2.45, 2.75) is 38.1 Å². The first-order chi connectivity index (χ1) is 10.3. The number of aromatic nitrogens is 1. The summed E-state index contributed by atoms with van der Waals surface area (Å²) in [6.45, 7) is 7.54. The van der Waals surface area contributed by atoms with Gasteiger partial charge in [-0.1, -0.05) is 34.1 Å². The predicted octanol–water partition coefficient (Wildman–Crippen LogP) is 4.83. The Morgan fingerprint density at radius 1 is 1.14 bits per heavy atom. The number of alkyl halides is 1. The van der Waals surface area contributed by atoms with E-state index >= 15 is 0 Å². The lowest BCUT2D eigenvalue weighted by molar-refractivity contribution is 0.00695. The number of rotatable bonds is 3. The molecular formula is C18H20BrNO2. The van der Waals surface area contributed by atoms with Gasteiger partial charge < -0.3 is 4.74 Å². The van der Waals surface area contributed by atoms with Crippen molar-refractivity contribution in [1.82, 2.24) is 4.98 Å². The highest BCUT2D eigenvalue weighted by Gasteiger charge is 2.18. The van der Waals surface area contributed by atoms with Gasteiger partial charge >= 0.3 is 5.97 Å². The van der Waals surface area contributed by atoms with Gasteiger partial charge in [0.25, 0.3) is 0 Å². The molecule has 3 nitrogen and oxygen atoms in total. The fourth-order valence-electron chi connectivity index (χ4n) is 2.00. The molecule has 1 heterocycles. The Hall–Kier alpha value is -1.68. The second kappa shape index (κ2) is 6.61. The molecule has 0 aliphatic heterocycles. The Kier molecular flexibility index (Phi) is 5.01. The van der Waals surface area contributed by atoms with Gasteiger partial charge in [0.15, 0.2) is 0 Å². The minimum atomic E-state index is -0.487. The summed E-state index contributed by atoms with van der Waals surface area (Å²) in [5.74, 6) is -0.307. The molecule has 0 amide bonds. The summed E-state index contributed by atoms with van der Waals surface area (Å²) in [6, 6.07) is 13.3. The monoisotopic (exact) mass is 361 g/mol. The number of carbonyl (C=O) groups excluding carboxylic acids is 1. The third-order valence-electron chi connectivity index (χ3n) is 3.01. The first kappa shape index (κ1) is 16.7. The number of esters is 1. The van der Waals surface area contributed by atoms with Crippen molar-refractivity contribution in [2.24, 2.45) is 0 Å². The van der Waals surface area contributed by atoms with E-state index in [-0.39, 0.29) is 10.8 Å². The van der Waals surface area contributed by atoms with E-state index in [1.54, 1.807) is 12.1 Å². The maximum absolute atomic E-state index is 12.0. The smallest absolute Gasteiger partial charge is 0.338 e. The highest BCUT2D eigenvalue weighted by Crippen LogP contribution is 2.29. The Bertz CT molecular complexity index is 660. The van der Waals surface area contributed by atoms with Crippen LogP contribution >= 0.6 is 15.9 Å². The normalized spacial score (nSPS) is 12.8. The Balaban J connectivity index is 2.16. The molecule has 0 spiro atoms. The van der Waals surface area contributed by atoms with Crippen molar-refractivity contribution >= 4 is 21.9 Å². The van der Waals surface area contributed by atoms with Gasteiger partial charge in [0.05, 0.1) is 16.1 Å². The number of nitrogens with zero attached hydrogens (tertiary/aromatic N) is 1. The van der Waals surface area contributed by atoms with Gasteiger partial charge in [0.1, 0.15) is 5.60 Å². The molecule has 0 fully saturated rings. The van der Waals surface area contributed by atoms with E-state index in [9.17, 15) is 4.79 Å². The summed E-state index contributed by atoms with van der Waals surface area (Å²) in [5, 5.41) is 0. The number of pyridine rings is 1. The summed E-state index contributed by atoms with van der Waals surface area (Å²) in [4.78, 5) is 16.5. The van der Waals surface area contributed by atoms with Gasteiger partial charge in [-0.15, -0.1) is 0 Å². The molecule has 1 aromatic heterocycles. The quantitative estimate of drug-likeness (QED) is 0.580. The fourth-order valence-corrected chi connectivity index (χ4v) is 2.56. The molecule has 1 aromatic carbocycles. The van der Waals surface area contributed by atoms with E-state index in [2.05, 4.69) is 20.9 Å². The van der Waals surface area contributed by atoms with Crippen molar-refractivity contribution in [3.8, 4) is 0 Å². The van der Waals surface area contributed by atoms with Crippen LogP contribution in [0.4, 0.5) is 0 Å². The van der Waals surface area contributed by atoms with Crippen LogP contribution < -0.4 is 0 Å². The second-order valence-corrected chi connectivity index (χ2v) is 7.11. The van der Waals surface area contributed by atoms with Crippen LogP contribution in [0.3, 0.4) is 0 Å². The zero-order valence-electron chi connectivity index (χ0n) is 13.3. The number of hydrogen-bond donors (Lipinski definition) is 0. The van der Waals surface area contributed by atoms with Crippen LogP contribution in [-0.4, -0.2) is 16.6 Å². The Morgan fingerprint density at radius 2 is 1.77 bits per heavy atom. The fraction of sp³-hybridized carbons (Fsp3) is 0.333. The maximum atomic E-state index is 12.0. The van der Waals surface area contributed by atoms with Crippen molar-refractivity contribution in [2.75, 3.05) is 0 Å². The van der Waals surface area contributed by atoms with Crippen LogP contribution in [0, 0.1) is 6.92 Å². The number of aryl methyl sites for hydroxylation is 1. The molecule has 0 aliphatic carbocycles. The van der Waals surface area contributed by atoms with Crippen LogP contribution in [0.1, 0.15) is 52.9 Å². The van der Waals surface area contributed by atoms with Gasteiger partial charge in [0.2, 0.25) is 0 Å². The minimum absolute atomic E-state index is 0.0000801. The van der Waals surface area contributed by atoms with E-state index in [1.165, 1.54) is 0 Å². The topological polar surface area (TPSA) is 39.2 Å². The summed E-state index contributed by atoms with van der Waals surface area (Å²) in [6.07, 6.45) is 0. The molecule has 1 unspecified atom stereocenters. The highest BCUT2D eigenvalue weighted by atomic mass is 79.9. The molecule has 4 heteroatoms. The SMILES string of the molecule is Cc1cccc(C(Br)c2ccc(C(=O)OC(C)(C)C)cc2)n1. The van der Waals surface area contributed by atoms with Crippen LogP contribution in [-0.2, 0) is 4.74 Å². The summed E-state index contributed by atoms with van der Waals surface area (Å²) in [7, 11) is 0. The average molecular weight is 362 g/mol. The zero-order chi connectivity index (χ0) is 16.3. The number of halogens is 1. The summed E-state index contributed by atoms with van der Waals surface area (Å²) >= 11 is 3.66. The molecule has 0 saturated heterocycles. The molecule has 0 bridgehead atoms. The van der Waals surface area contributed by atoms with E-state index in [0.717, 1.165) is 17.0 Å². The number of ether oxygens (including phenoxy) is 1. The Morgan fingerprint density at radius 3 is 2.32 bits per heavy atom. The van der Waals surface area contributed by atoms with E-state index in [0.29, 0.717) is 5.56 Å². The Labute approximate surface area is 139 Å². The maximum Gasteiger partial charge on any atom is 0.338 e. The van der Waals surface area contributed by atoms with Crippen molar-refractivity contribution in [1.29, 1.82) is 0 Å². The van der Waals surface area contributed by atoms with Gasteiger partial charge in [0, 0.05) is 5.69 Å². The summed E-state index contributed by atoms with van der Waals surface area (Å²) in [5.41, 5.74) is 3.04. The van der Waals surface area contributed by atoms with Crippen molar-refractivity contribution in [3.05, 3.63) is 65.0 Å². The number of carbonyl (C=O) groups is 1. The van der Waals surface area contributed by atoms with E-state index < -0.39 is 5.60 Å². The van der Waals surface area contributed by atoms with Crippen LogP contribution in [0.25, 0.3) is 0 Å². The van der Waals surface area contributed by atoms with Crippen LogP contribution in [0.2, 0.25) is 0 Å². The molecule has 1 atom stereocenters. The van der Waals surface area contributed by atoms with Gasteiger partial charge in [-0.05, 0) is 57.5 Å². The standard InChI is InChI=1S/C18H20BrNO2/c1-12-6-5-7-15(20-12)16(19)13-8-10-14(11-9-13)17(21)22-18(2,3)4/h5-11,16H,1-4H3. The predicted molar refractivity (Wildman–Crippen MR) is 91.4 cm³/mol. The molecule has 0 radical (unpaired) electrons. The van der Waals surface area contributed by atoms with Gasteiger partial charge in [-0.3, -0.25) is 4.98 Å². The molecule has 0 saturated carbocycles. The van der Waals surface area contributed by atoms with Crippen LogP contribution in [0.5, 0.6) is 0 Å². The van der Waals surface area contributed by atoms with Crippen molar-refractivity contribution < 1.29 is 9.53 Å². The largest absolute Gasteiger partial charge is 0.456 e. The lowest BCUT2D eigenvalue weighted by Crippen LogP contribution is -2.23. The average Bonchev–Trinajstić information content (AvgIpc) is 2.45. The van der Waals surface area contributed by atoms with Crippen LogP contribution in [0.15, 0.2) is 42.5 Å². The highest BCUT2D eigenvalue weighted by molar-refractivity contribution is 9.09. The van der Waals surface area contributed by atoms with Crippen molar-refractivity contribution in [3.63, 3.8) is 0 Å². The second-order valence-electron chi connectivity index (χ2n) is 6.19. The van der Waals surface area contributed by atoms with E-state index in [1.807, 2.05) is 58.0 Å². The molecule has 2 rings (SSSR count). The zero-order valence-corrected chi connectivity index (χ0v) is 14.8. The van der Waals surface area contributed by atoms with E-state index in [4.69, 9.17) is 4.74 Å². The minimum Gasteiger partial charge on any atom is -0.456 e. The van der Waals surface area contributed by atoms with Gasteiger partial charge in [-0.25, -0.2) is 4.79 Å². The first-order valence-electron chi connectivity index (χ1n) is 7.17. The number of hydrogen-bond acceptors (Lipinski definition) is 3. The molecule has 0 aliphatic rings. The lowest BCUT2D eigenvalue weighted by Gasteiger charge is -2.19. The summed E-state index contributed by atoms with van der Waals surface area (Å²) < 4.78 is 5.36. The third-order valence-corrected chi connectivity index (χ3v) is 4.01. The molecular weight excluding hydrogens is 342 g/mol. The lowest BCUT2D eigenvalue weighted by atomic mass is 10.1. The first-order valence-corrected chi connectivity index (χ1v) is 8.09. The molecule has 22 heavy (non-hydrogen) atoms. The molecule has 2 aromatic rings.